The third kappa shape index (κ3) is 3.09. The van der Waals surface area contributed by atoms with Gasteiger partial charge in [-0.05, 0) is 31.0 Å². The molecular formula is C13H19FN2O. The third-order valence-electron chi connectivity index (χ3n) is 3.42. The maximum absolute atomic E-state index is 13.5. The standard InChI is InChI=1S/C13H19FN2O/c14-11-7-10(15)5-6-12(11)16-8-9-3-1-2-4-13(9)17/h5-7,9,13,16-17H,1-4,8,15H2. The second-order valence-corrected chi connectivity index (χ2v) is 4.73. The van der Waals surface area contributed by atoms with E-state index in [1.54, 1.807) is 12.1 Å². The molecule has 2 unspecified atom stereocenters. The summed E-state index contributed by atoms with van der Waals surface area (Å²) in [6, 6.07) is 4.61. The fourth-order valence-corrected chi connectivity index (χ4v) is 2.34. The van der Waals surface area contributed by atoms with E-state index in [0.29, 0.717) is 17.9 Å². The van der Waals surface area contributed by atoms with Crippen molar-refractivity contribution < 1.29 is 9.50 Å². The maximum Gasteiger partial charge on any atom is 0.148 e. The van der Waals surface area contributed by atoms with Crippen LogP contribution in [0.2, 0.25) is 0 Å². The van der Waals surface area contributed by atoms with Crippen LogP contribution in [0.15, 0.2) is 18.2 Å². The van der Waals surface area contributed by atoms with Gasteiger partial charge in [-0.15, -0.1) is 0 Å². The molecule has 0 radical (unpaired) electrons. The molecule has 0 heterocycles. The van der Waals surface area contributed by atoms with Gasteiger partial charge in [0.1, 0.15) is 5.82 Å². The van der Waals surface area contributed by atoms with Crippen LogP contribution in [0.25, 0.3) is 0 Å². The normalized spacial score (nSPS) is 24.6. The predicted molar refractivity (Wildman–Crippen MR) is 67.3 cm³/mol. The molecule has 0 aromatic heterocycles. The highest BCUT2D eigenvalue weighted by atomic mass is 19.1. The molecule has 2 atom stereocenters. The number of anilines is 2. The highest BCUT2D eigenvalue weighted by Crippen LogP contribution is 2.25. The summed E-state index contributed by atoms with van der Waals surface area (Å²) in [6.07, 6.45) is 3.84. The van der Waals surface area contributed by atoms with Crippen molar-refractivity contribution in [3.8, 4) is 0 Å². The molecule has 2 rings (SSSR count). The molecule has 0 amide bonds. The number of hydrogen-bond acceptors (Lipinski definition) is 3. The number of nitrogen functional groups attached to an aromatic ring is 1. The van der Waals surface area contributed by atoms with E-state index < -0.39 is 0 Å². The number of aliphatic hydroxyl groups excluding tert-OH is 1. The van der Waals surface area contributed by atoms with Crippen molar-refractivity contribution >= 4 is 11.4 Å². The van der Waals surface area contributed by atoms with Crippen LogP contribution in [0.4, 0.5) is 15.8 Å². The average Bonchev–Trinajstić information content (AvgIpc) is 2.30. The van der Waals surface area contributed by atoms with Gasteiger partial charge in [-0.1, -0.05) is 12.8 Å². The lowest BCUT2D eigenvalue weighted by molar-refractivity contribution is 0.0763. The lowest BCUT2D eigenvalue weighted by Crippen LogP contribution is -2.30. The van der Waals surface area contributed by atoms with E-state index in [1.807, 2.05) is 0 Å². The quantitative estimate of drug-likeness (QED) is 0.708. The van der Waals surface area contributed by atoms with Crippen LogP contribution in [-0.2, 0) is 0 Å². The van der Waals surface area contributed by atoms with Crippen molar-refractivity contribution in [2.75, 3.05) is 17.6 Å². The largest absolute Gasteiger partial charge is 0.399 e. The molecular weight excluding hydrogens is 219 g/mol. The number of aliphatic hydroxyl groups is 1. The van der Waals surface area contributed by atoms with Gasteiger partial charge in [0.25, 0.3) is 0 Å². The number of benzene rings is 1. The Morgan fingerprint density at radius 2 is 2.12 bits per heavy atom. The SMILES string of the molecule is Nc1ccc(NCC2CCCCC2O)c(F)c1. The fraction of sp³-hybridized carbons (Fsp3) is 0.538. The molecule has 94 valence electrons. The predicted octanol–water partition coefficient (Wildman–Crippen LogP) is 2.37. The highest BCUT2D eigenvalue weighted by molar-refractivity contribution is 5.52. The molecule has 3 nitrogen and oxygen atoms in total. The van der Waals surface area contributed by atoms with E-state index in [-0.39, 0.29) is 17.8 Å². The van der Waals surface area contributed by atoms with Crippen molar-refractivity contribution in [3.05, 3.63) is 24.0 Å². The first-order chi connectivity index (χ1) is 8.16. The number of nitrogens with one attached hydrogen (secondary N) is 1. The summed E-state index contributed by atoms with van der Waals surface area (Å²) in [5, 5.41) is 12.9. The Balaban J connectivity index is 1.92. The molecule has 0 bridgehead atoms. The molecule has 1 saturated carbocycles. The Hall–Kier alpha value is -1.29. The Bertz CT molecular complexity index is 384. The summed E-state index contributed by atoms with van der Waals surface area (Å²) in [4.78, 5) is 0. The zero-order valence-electron chi connectivity index (χ0n) is 9.82. The summed E-state index contributed by atoms with van der Waals surface area (Å²) in [5.41, 5.74) is 6.36. The molecule has 1 aliphatic carbocycles. The second-order valence-electron chi connectivity index (χ2n) is 4.73. The average molecular weight is 238 g/mol. The molecule has 4 N–H and O–H groups in total. The minimum absolute atomic E-state index is 0.223. The Kier molecular flexibility index (Phi) is 3.84. The van der Waals surface area contributed by atoms with Crippen molar-refractivity contribution in [2.45, 2.75) is 31.8 Å². The van der Waals surface area contributed by atoms with Gasteiger partial charge in [-0.2, -0.15) is 0 Å². The molecule has 0 aliphatic heterocycles. The van der Waals surface area contributed by atoms with Gasteiger partial charge in [-0.25, -0.2) is 4.39 Å². The van der Waals surface area contributed by atoms with Gasteiger partial charge in [0.2, 0.25) is 0 Å². The first-order valence-electron chi connectivity index (χ1n) is 6.14. The van der Waals surface area contributed by atoms with Gasteiger partial charge in [0.15, 0.2) is 0 Å². The number of rotatable bonds is 3. The Morgan fingerprint density at radius 3 is 2.82 bits per heavy atom. The molecule has 1 aliphatic rings. The Labute approximate surface area is 101 Å². The molecule has 4 heteroatoms. The topological polar surface area (TPSA) is 58.3 Å². The minimum Gasteiger partial charge on any atom is -0.399 e. The Morgan fingerprint density at radius 1 is 1.35 bits per heavy atom. The van der Waals surface area contributed by atoms with E-state index in [9.17, 15) is 9.50 Å². The van der Waals surface area contributed by atoms with Crippen molar-refractivity contribution in [1.82, 2.24) is 0 Å². The number of halogens is 1. The molecule has 1 fully saturated rings. The number of hydrogen-bond donors (Lipinski definition) is 3. The molecule has 1 aromatic rings. The summed E-state index contributed by atoms with van der Waals surface area (Å²) >= 11 is 0. The van der Waals surface area contributed by atoms with Crippen LogP contribution < -0.4 is 11.1 Å². The van der Waals surface area contributed by atoms with Gasteiger partial charge in [0.05, 0.1) is 11.8 Å². The lowest BCUT2D eigenvalue weighted by Gasteiger charge is -2.28. The van der Waals surface area contributed by atoms with E-state index in [0.717, 1.165) is 25.7 Å². The van der Waals surface area contributed by atoms with Gasteiger partial charge < -0.3 is 16.2 Å². The van der Waals surface area contributed by atoms with E-state index >= 15 is 0 Å². The van der Waals surface area contributed by atoms with Crippen LogP contribution in [0, 0.1) is 11.7 Å². The van der Waals surface area contributed by atoms with Crippen molar-refractivity contribution in [3.63, 3.8) is 0 Å². The smallest absolute Gasteiger partial charge is 0.148 e. The fourth-order valence-electron chi connectivity index (χ4n) is 2.34. The molecule has 17 heavy (non-hydrogen) atoms. The zero-order valence-corrected chi connectivity index (χ0v) is 9.82. The second kappa shape index (κ2) is 5.36. The maximum atomic E-state index is 13.5. The van der Waals surface area contributed by atoms with Crippen LogP contribution in [0.5, 0.6) is 0 Å². The molecule has 0 spiro atoms. The lowest BCUT2D eigenvalue weighted by atomic mass is 9.86. The summed E-state index contributed by atoms with van der Waals surface area (Å²) in [6.45, 7) is 0.613. The highest BCUT2D eigenvalue weighted by Gasteiger charge is 2.22. The summed E-state index contributed by atoms with van der Waals surface area (Å²) in [7, 11) is 0. The zero-order chi connectivity index (χ0) is 12.3. The van der Waals surface area contributed by atoms with E-state index in [2.05, 4.69) is 5.32 Å². The van der Waals surface area contributed by atoms with Crippen LogP contribution in [0.3, 0.4) is 0 Å². The monoisotopic (exact) mass is 238 g/mol. The van der Waals surface area contributed by atoms with Gasteiger partial charge >= 0.3 is 0 Å². The van der Waals surface area contributed by atoms with Crippen molar-refractivity contribution in [1.29, 1.82) is 0 Å². The van der Waals surface area contributed by atoms with E-state index in [1.165, 1.54) is 6.07 Å². The summed E-state index contributed by atoms with van der Waals surface area (Å²) in [5.74, 6) is -0.115. The van der Waals surface area contributed by atoms with Crippen LogP contribution in [-0.4, -0.2) is 17.8 Å². The van der Waals surface area contributed by atoms with Gasteiger partial charge in [-0.3, -0.25) is 0 Å². The molecule has 1 aromatic carbocycles. The van der Waals surface area contributed by atoms with Gasteiger partial charge in [0, 0.05) is 18.2 Å². The first kappa shape index (κ1) is 12.2. The summed E-state index contributed by atoms with van der Waals surface area (Å²) < 4.78 is 13.5. The van der Waals surface area contributed by atoms with Crippen molar-refractivity contribution in [2.24, 2.45) is 5.92 Å². The first-order valence-corrected chi connectivity index (χ1v) is 6.14. The van der Waals surface area contributed by atoms with Crippen LogP contribution in [0.1, 0.15) is 25.7 Å². The molecule has 0 saturated heterocycles. The third-order valence-corrected chi connectivity index (χ3v) is 3.42. The van der Waals surface area contributed by atoms with E-state index in [4.69, 9.17) is 5.73 Å². The van der Waals surface area contributed by atoms with Crippen LogP contribution >= 0.6 is 0 Å². The number of nitrogens with two attached hydrogens (primary N) is 1. The minimum atomic E-state index is -0.338.